The van der Waals surface area contributed by atoms with E-state index < -0.39 is 0 Å². The number of para-hydroxylation sites is 1. The number of nitrogens with zero attached hydrogens (tertiary/aromatic N) is 4. The fourth-order valence-corrected chi connectivity index (χ4v) is 6.48. The minimum Gasteiger partial charge on any atom is -0.486 e. The molecule has 2 atom stereocenters. The Bertz CT molecular complexity index is 1170. The molecule has 5 rings (SSSR count). The molecule has 0 aliphatic carbocycles. The second-order valence-corrected chi connectivity index (χ2v) is 12.0. The Morgan fingerprint density at radius 2 is 1.66 bits per heavy atom. The summed E-state index contributed by atoms with van der Waals surface area (Å²) in [6.07, 6.45) is 10.8. The number of rotatable bonds is 11. The van der Waals surface area contributed by atoms with Crippen molar-refractivity contribution in [1.82, 2.24) is 19.4 Å². The van der Waals surface area contributed by atoms with Gasteiger partial charge in [0.25, 0.3) is 0 Å². The number of benzene rings is 2. The number of halogens is 4. The van der Waals surface area contributed by atoms with Crippen molar-refractivity contribution in [2.75, 3.05) is 32.7 Å². The highest BCUT2D eigenvalue weighted by molar-refractivity contribution is 6.30. The van der Waals surface area contributed by atoms with E-state index in [2.05, 4.69) is 46.4 Å². The van der Waals surface area contributed by atoms with E-state index in [0.29, 0.717) is 12.5 Å². The van der Waals surface area contributed by atoms with Crippen LogP contribution in [0.2, 0.25) is 5.02 Å². The van der Waals surface area contributed by atoms with Crippen molar-refractivity contribution < 1.29 is 4.74 Å². The molecule has 3 aromatic rings. The number of fused-ring (bicyclic) bond motifs is 1. The molecular weight excluding hydrogens is 598 g/mol. The van der Waals surface area contributed by atoms with Gasteiger partial charge in [-0.25, -0.2) is 4.98 Å². The normalized spacial score (nSPS) is 18.7. The molecule has 9 heteroatoms. The zero-order valence-electron chi connectivity index (χ0n) is 24.6. The SMILES string of the molecule is Cc1cccc2c1nc(COc1ccc(Cl)cc1)n2CC[C@H](C)CN1CCCCC1CCN1CCCCC1.Cl.Cl.Cl. The third kappa shape index (κ3) is 9.91. The number of aromatic nitrogens is 2. The van der Waals surface area contributed by atoms with Crippen LogP contribution in [0.1, 0.15) is 69.7 Å². The van der Waals surface area contributed by atoms with E-state index in [4.69, 9.17) is 21.3 Å². The maximum atomic E-state index is 6.12. The molecule has 2 aromatic carbocycles. The summed E-state index contributed by atoms with van der Waals surface area (Å²) in [6.45, 7) is 12.4. The van der Waals surface area contributed by atoms with Crippen LogP contribution in [0.3, 0.4) is 0 Å². The summed E-state index contributed by atoms with van der Waals surface area (Å²) in [7, 11) is 0. The second kappa shape index (κ2) is 17.8. The first-order chi connectivity index (χ1) is 18.6. The van der Waals surface area contributed by atoms with Crippen LogP contribution in [-0.4, -0.2) is 58.1 Å². The molecule has 41 heavy (non-hydrogen) atoms. The van der Waals surface area contributed by atoms with Gasteiger partial charge in [-0.15, -0.1) is 37.2 Å². The summed E-state index contributed by atoms with van der Waals surface area (Å²) in [4.78, 5) is 10.5. The molecule has 0 saturated carbocycles. The molecule has 0 bridgehead atoms. The fraction of sp³-hybridized carbons (Fsp3) is 0.594. The summed E-state index contributed by atoms with van der Waals surface area (Å²) < 4.78 is 8.51. The minimum atomic E-state index is 0. The molecule has 0 N–H and O–H groups in total. The fourth-order valence-electron chi connectivity index (χ4n) is 6.36. The van der Waals surface area contributed by atoms with Crippen LogP contribution in [0.15, 0.2) is 42.5 Å². The average molecular weight is 647 g/mol. The predicted octanol–water partition coefficient (Wildman–Crippen LogP) is 8.60. The minimum absolute atomic E-state index is 0. The first-order valence-corrected chi connectivity index (χ1v) is 15.2. The van der Waals surface area contributed by atoms with Crippen molar-refractivity contribution >= 4 is 59.9 Å². The van der Waals surface area contributed by atoms with E-state index in [-0.39, 0.29) is 37.2 Å². The molecule has 3 heterocycles. The van der Waals surface area contributed by atoms with Crippen molar-refractivity contribution in [2.24, 2.45) is 5.92 Å². The molecule has 2 fully saturated rings. The molecule has 0 radical (unpaired) electrons. The maximum Gasteiger partial charge on any atom is 0.148 e. The first kappa shape index (κ1) is 36.0. The zero-order chi connectivity index (χ0) is 26.3. The maximum absolute atomic E-state index is 6.12. The van der Waals surface area contributed by atoms with E-state index in [1.165, 1.54) is 88.7 Å². The summed E-state index contributed by atoms with van der Waals surface area (Å²) in [6, 6.07) is 14.8. The quantitative estimate of drug-likeness (QED) is 0.209. The highest BCUT2D eigenvalue weighted by Crippen LogP contribution is 2.25. The molecule has 5 nitrogen and oxygen atoms in total. The summed E-state index contributed by atoms with van der Waals surface area (Å²) in [5.41, 5.74) is 3.51. The molecule has 2 aliphatic heterocycles. The molecule has 1 unspecified atom stereocenters. The molecule has 230 valence electrons. The van der Waals surface area contributed by atoms with Crippen LogP contribution in [0, 0.1) is 12.8 Å². The summed E-state index contributed by atoms with van der Waals surface area (Å²) in [5, 5.41) is 0.719. The van der Waals surface area contributed by atoms with Crippen molar-refractivity contribution in [3.63, 3.8) is 0 Å². The lowest BCUT2D eigenvalue weighted by Gasteiger charge is -2.39. The van der Waals surface area contributed by atoms with Crippen LogP contribution in [0.4, 0.5) is 0 Å². The van der Waals surface area contributed by atoms with Gasteiger partial charge in [-0.1, -0.05) is 43.5 Å². The molecule has 2 aliphatic rings. The zero-order valence-corrected chi connectivity index (χ0v) is 27.8. The molecule has 0 spiro atoms. The molecular formula is C32H48Cl4N4O. The van der Waals surface area contributed by atoms with Crippen molar-refractivity contribution in [1.29, 1.82) is 0 Å². The third-order valence-electron chi connectivity index (χ3n) is 8.61. The predicted molar refractivity (Wildman–Crippen MR) is 180 cm³/mol. The van der Waals surface area contributed by atoms with E-state index >= 15 is 0 Å². The van der Waals surface area contributed by atoms with Crippen molar-refractivity contribution in [3.8, 4) is 5.75 Å². The summed E-state index contributed by atoms with van der Waals surface area (Å²) in [5.74, 6) is 2.45. The number of piperidine rings is 2. The Morgan fingerprint density at radius 1 is 0.927 bits per heavy atom. The molecule has 2 saturated heterocycles. The Balaban J connectivity index is 0.00000196. The van der Waals surface area contributed by atoms with Gasteiger partial charge in [-0.3, -0.25) is 0 Å². The van der Waals surface area contributed by atoms with Crippen LogP contribution in [0.25, 0.3) is 11.0 Å². The largest absolute Gasteiger partial charge is 0.486 e. The monoisotopic (exact) mass is 644 g/mol. The van der Waals surface area contributed by atoms with Gasteiger partial charge < -0.3 is 19.1 Å². The van der Waals surface area contributed by atoms with Gasteiger partial charge >= 0.3 is 0 Å². The Kier molecular flexibility index (Phi) is 15.6. The van der Waals surface area contributed by atoms with E-state index in [1.807, 2.05) is 24.3 Å². The Hall–Kier alpha value is -1.21. The van der Waals surface area contributed by atoms with Crippen LogP contribution < -0.4 is 4.74 Å². The first-order valence-electron chi connectivity index (χ1n) is 14.9. The number of hydrogen-bond donors (Lipinski definition) is 0. The highest BCUT2D eigenvalue weighted by atomic mass is 35.5. The lowest BCUT2D eigenvalue weighted by atomic mass is 9.96. The second-order valence-electron chi connectivity index (χ2n) is 11.6. The summed E-state index contributed by atoms with van der Waals surface area (Å²) >= 11 is 6.05. The molecule has 0 amide bonds. The lowest BCUT2D eigenvalue weighted by molar-refractivity contribution is 0.103. The Morgan fingerprint density at radius 3 is 2.41 bits per heavy atom. The smallest absolute Gasteiger partial charge is 0.148 e. The van der Waals surface area contributed by atoms with Crippen molar-refractivity contribution in [3.05, 3.63) is 58.9 Å². The number of aryl methyl sites for hydroxylation is 2. The molecule has 1 aromatic heterocycles. The topological polar surface area (TPSA) is 33.5 Å². The highest BCUT2D eigenvalue weighted by Gasteiger charge is 2.25. The standard InChI is InChI=1S/C32H45ClN4O.3ClH/c1-25(23-36-20-7-4-10-28(36)17-21-35-18-5-3-6-19-35)16-22-37-30-11-8-9-26(2)32(30)34-31(37)24-38-29-14-12-27(33)13-15-29;;;/h8-9,11-15,25,28H,3-7,10,16-24H2,1-2H3;3*1H/t25-,28?;;;/m0.../s1. The van der Waals surface area contributed by atoms with Gasteiger partial charge in [-0.2, -0.15) is 0 Å². The van der Waals surface area contributed by atoms with E-state index in [0.717, 1.165) is 41.1 Å². The van der Waals surface area contributed by atoms with Crippen molar-refractivity contribution in [2.45, 2.75) is 84.4 Å². The van der Waals surface area contributed by atoms with Crippen LogP contribution in [0.5, 0.6) is 5.75 Å². The van der Waals surface area contributed by atoms with E-state index in [9.17, 15) is 0 Å². The van der Waals surface area contributed by atoms with Gasteiger partial charge in [0.2, 0.25) is 0 Å². The van der Waals surface area contributed by atoms with Crippen LogP contribution in [-0.2, 0) is 13.2 Å². The number of ether oxygens (including phenoxy) is 1. The third-order valence-corrected chi connectivity index (χ3v) is 8.86. The van der Waals surface area contributed by atoms with Crippen LogP contribution >= 0.6 is 48.8 Å². The van der Waals surface area contributed by atoms with Gasteiger partial charge in [0, 0.05) is 24.2 Å². The average Bonchev–Trinajstić information content (AvgIpc) is 3.30. The lowest BCUT2D eigenvalue weighted by Crippen LogP contribution is -2.44. The van der Waals surface area contributed by atoms with Gasteiger partial charge in [-0.05, 0) is 113 Å². The van der Waals surface area contributed by atoms with Gasteiger partial charge in [0.05, 0.1) is 11.0 Å². The Labute approximate surface area is 270 Å². The number of likely N-dealkylation sites (tertiary alicyclic amines) is 2. The van der Waals surface area contributed by atoms with Gasteiger partial charge in [0.15, 0.2) is 0 Å². The van der Waals surface area contributed by atoms with Gasteiger partial charge in [0.1, 0.15) is 18.2 Å². The number of imidazole rings is 1. The number of hydrogen-bond acceptors (Lipinski definition) is 4. The van der Waals surface area contributed by atoms with E-state index in [1.54, 1.807) is 0 Å².